The maximum Gasteiger partial charge on any atom is 0.252 e. The molecule has 2 aromatic carbocycles. The molecule has 190 valence electrons. The van der Waals surface area contributed by atoms with E-state index in [0.29, 0.717) is 24.8 Å². The molecule has 0 bridgehead atoms. The Morgan fingerprint density at radius 1 is 1.08 bits per heavy atom. The molecule has 1 saturated heterocycles. The Bertz CT molecular complexity index is 1140. The smallest absolute Gasteiger partial charge is 0.252 e. The highest BCUT2D eigenvalue weighted by Crippen LogP contribution is 2.30. The lowest BCUT2D eigenvalue weighted by atomic mass is 10.0. The van der Waals surface area contributed by atoms with E-state index in [0.717, 1.165) is 30.5 Å². The van der Waals surface area contributed by atoms with Gasteiger partial charge in [0.05, 0.1) is 12.6 Å². The molecule has 8 nitrogen and oxygen atoms in total. The van der Waals surface area contributed by atoms with E-state index in [2.05, 4.69) is 10.1 Å². The Hall–Kier alpha value is -3.59. The highest BCUT2D eigenvalue weighted by molar-refractivity contribution is 5.95. The first-order valence-electron chi connectivity index (χ1n) is 12.3. The van der Waals surface area contributed by atoms with Gasteiger partial charge in [0, 0.05) is 31.6 Å². The summed E-state index contributed by atoms with van der Waals surface area (Å²) in [6.45, 7) is 3.46. The van der Waals surface area contributed by atoms with Crippen LogP contribution in [0.4, 0.5) is 10.1 Å². The van der Waals surface area contributed by atoms with E-state index >= 15 is 0 Å². The number of carbonyl (C=O) groups is 2. The number of carbonyl (C=O) groups excluding carboxylic acids is 2. The zero-order valence-electron chi connectivity index (χ0n) is 20.4. The topological polar surface area (TPSA) is 88.8 Å². The zero-order valence-corrected chi connectivity index (χ0v) is 20.4. The van der Waals surface area contributed by atoms with Crippen LogP contribution in [0, 0.1) is 5.82 Å². The number of hydrogen-bond acceptors (Lipinski definition) is 6. The number of para-hydroxylation sites is 1. The molecule has 4 rings (SSSR count). The van der Waals surface area contributed by atoms with Gasteiger partial charge in [-0.25, -0.2) is 4.39 Å². The minimum Gasteiger partial charge on any atom is -0.367 e. The number of likely N-dealkylation sites (tertiary alicyclic amines) is 1. The Kier molecular flexibility index (Phi) is 8.78. The van der Waals surface area contributed by atoms with Crippen LogP contribution in [0.25, 0.3) is 0 Å². The maximum absolute atomic E-state index is 13.1. The Balaban J connectivity index is 1.32. The maximum atomic E-state index is 13.1. The molecule has 1 unspecified atom stereocenters. The molecule has 0 saturated carbocycles. The standard InChI is InChI=1S/C27H31FN4O4/c1-2-31(22-8-4-3-5-9-22)25(33)15-16-26(34)32-17-7-6-10-23(32)27-29-24(36-30-27)19-35-18-20-11-13-21(28)14-12-20/h3-5,8-9,11-14,23H,2,6-7,10,15-19H2,1H3. The second kappa shape index (κ2) is 12.4. The molecule has 1 atom stereocenters. The summed E-state index contributed by atoms with van der Waals surface area (Å²) in [5.74, 6) is 0.313. The van der Waals surface area contributed by atoms with Gasteiger partial charge in [0.1, 0.15) is 12.4 Å². The summed E-state index contributed by atoms with van der Waals surface area (Å²) in [7, 11) is 0. The van der Waals surface area contributed by atoms with E-state index in [4.69, 9.17) is 9.26 Å². The van der Waals surface area contributed by atoms with Gasteiger partial charge >= 0.3 is 0 Å². The summed E-state index contributed by atoms with van der Waals surface area (Å²) in [5.41, 5.74) is 1.66. The second-order valence-corrected chi connectivity index (χ2v) is 8.74. The van der Waals surface area contributed by atoms with Gasteiger partial charge in [-0.05, 0) is 56.0 Å². The number of ether oxygens (including phenoxy) is 1. The van der Waals surface area contributed by atoms with E-state index in [1.165, 1.54) is 12.1 Å². The molecule has 1 aliphatic heterocycles. The third-order valence-electron chi connectivity index (χ3n) is 6.25. The van der Waals surface area contributed by atoms with Gasteiger partial charge in [0.2, 0.25) is 11.8 Å². The molecule has 2 heterocycles. The van der Waals surface area contributed by atoms with Crippen LogP contribution in [0.3, 0.4) is 0 Å². The van der Waals surface area contributed by atoms with Crippen molar-refractivity contribution in [2.45, 2.75) is 58.3 Å². The van der Waals surface area contributed by atoms with Crippen LogP contribution in [-0.2, 0) is 27.5 Å². The quantitative estimate of drug-likeness (QED) is 0.402. The third-order valence-corrected chi connectivity index (χ3v) is 6.25. The van der Waals surface area contributed by atoms with E-state index in [9.17, 15) is 14.0 Å². The third kappa shape index (κ3) is 6.54. The van der Waals surface area contributed by atoms with Gasteiger partial charge < -0.3 is 19.1 Å². The lowest BCUT2D eigenvalue weighted by Crippen LogP contribution is -2.40. The van der Waals surface area contributed by atoms with Crippen LogP contribution in [0.15, 0.2) is 59.1 Å². The first-order chi connectivity index (χ1) is 17.5. The molecule has 2 amide bonds. The number of rotatable bonds is 10. The molecule has 0 spiro atoms. The van der Waals surface area contributed by atoms with Crippen LogP contribution in [0.2, 0.25) is 0 Å². The van der Waals surface area contributed by atoms with E-state index in [1.807, 2.05) is 37.3 Å². The molecule has 0 aliphatic carbocycles. The fourth-order valence-corrected chi connectivity index (χ4v) is 4.40. The highest BCUT2D eigenvalue weighted by atomic mass is 19.1. The Labute approximate surface area is 210 Å². The molecule has 3 aromatic rings. The predicted octanol–water partition coefficient (Wildman–Crippen LogP) is 4.81. The lowest BCUT2D eigenvalue weighted by molar-refractivity contribution is -0.136. The number of benzene rings is 2. The molecule has 1 aliphatic rings. The summed E-state index contributed by atoms with van der Waals surface area (Å²) in [4.78, 5) is 33.8. The molecular formula is C27H31FN4O4. The van der Waals surface area contributed by atoms with Crippen molar-refractivity contribution in [3.63, 3.8) is 0 Å². The number of aromatic nitrogens is 2. The van der Waals surface area contributed by atoms with Crippen molar-refractivity contribution >= 4 is 17.5 Å². The van der Waals surface area contributed by atoms with Crippen molar-refractivity contribution in [2.75, 3.05) is 18.0 Å². The van der Waals surface area contributed by atoms with Gasteiger partial charge in [0.25, 0.3) is 5.89 Å². The predicted molar refractivity (Wildman–Crippen MR) is 131 cm³/mol. The molecule has 1 fully saturated rings. The summed E-state index contributed by atoms with van der Waals surface area (Å²) in [6, 6.07) is 15.3. The van der Waals surface area contributed by atoms with Crippen LogP contribution in [0.5, 0.6) is 0 Å². The summed E-state index contributed by atoms with van der Waals surface area (Å²) in [5, 5.41) is 4.10. The van der Waals surface area contributed by atoms with Crippen molar-refractivity contribution in [3.8, 4) is 0 Å². The minimum absolute atomic E-state index is 0.0780. The number of hydrogen-bond donors (Lipinski definition) is 0. The van der Waals surface area contributed by atoms with Crippen LogP contribution in [-0.4, -0.2) is 39.9 Å². The van der Waals surface area contributed by atoms with Crippen molar-refractivity contribution < 1.29 is 23.2 Å². The Morgan fingerprint density at radius 2 is 1.86 bits per heavy atom. The molecule has 9 heteroatoms. The van der Waals surface area contributed by atoms with E-state index in [-0.39, 0.29) is 49.7 Å². The van der Waals surface area contributed by atoms with E-state index < -0.39 is 0 Å². The number of piperidine rings is 1. The van der Waals surface area contributed by atoms with Crippen molar-refractivity contribution in [1.82, 2.24) is 15.0 Å². The summed E-state index contributed by atoms with van der Waals surface area (Å²) in [6.07, 6.45) is 2.85. The van der Waals surface area contributed by atoms with Crippen LogP contribution < -0.4 is 4.90 Å². The fraction of sp³-hybridized carbons (Fsp3) is 0.407. The van der Waals surface area contributed by atoms with Gasteiger partial charge in [0.15, 0.2) is 5.82 Å². The second-order valence-electron chi connectivity index (χ2n) is 8.74. The first-order valence-corrected chi connectivity index (χ1v) is 12.3. The largest absolute Gasteiger partial charge is 0.367 e. The number of nitrogens with zero attached hydrogens (tertiary/aromatic N) is 4. The Morgan fingerprint density at radius 3 is 2.61 bits per heavy atom. The molecule has 1 aromatic heterocycles. The summed E-state index contributed by atoms with van der Waals surface area (Å²) >= 11 is 0. The number of amides is 2. The van der Waals surface area contributed by atoms with Crippen LogP contribution >= 0.6 is 0 Å². The molecular weight excluding hydrogens is 463 g/mol. The van der Waals surface area contributed by atoms with Gasteiger partial charge in [-0.15, -0.1) is 0 Å². The van der Waals surface area contributed by atoms with Gasteiger partial charge in [-0.2, -0.15) is 4.98 Å². The van der Waals surface area contributed by atoms with Gasteiger partial charge in [-0.1, -0.05) is 35.5 Å². The normalized spacial score (nSPS) is 15.6. The average molecular weight is 495 g/mol. The lowest BCUT2D eigenvalue weighted by Gasteiger charge is -2.34. The van der Waals surface area contributed by atoms with Crippen molar-refractivity contribution in [1.29, 1.82) is 0 Å². The molecule has 0 N–H and O–H groups in total. The number of anilines is 1. The molecule has 0 radical (unpaired) electrons. The zero-order chi connectivity index (χ0) is 25.3. The molecule has 36 heavy (non-hydrogen) atoms. The van der Waals surface area contributed by atoms with Crippen molar-refractivity contribution in [3.05, 3.63) is 77.7 Å². The highest BCUT2D eigenvalue weighted by Gasteiger charge is 2.32. The first kappa shape index (κ1) is 25.5. The fourth-order valence-electron chi connectivity index (χ4n) is 4.40. The van der Waals surface area contributed by atoms with Crippen LogP contribution in [0.1, 0.15) is 62.3 Å². The average Bonchev–Trinajstić information content (AvgIpc) is 3.38. The number of halogens is 1. The summed E-state index contributed by atoms with van der Waals surface area (Å²) < 4.78 is 24.0. The monoisotopic (exact) mass is 494 g/mol. The minimum atomic E-state index is -0.296. The van der Waals surface area contributed by atoms with E-state index in [1.54, 1.807) is 21.9 Å². The SMILES string of the molecule is CCN(C(=O)CCC(=O)N1CCCCC1c1noc(COCc2ccc(F)cc2)n1)c1ccccc1. The van der Waals surface area contributed by atoms with Gasteiger partial charge in [-0.3, -0.25) is 9.59 Å². The van der Waals surface area contributed by atoms with Crippen molar-refractivity contribution in [2.24, 2.45) is 0 Å².